The summed E-state index contributed by atoms with van der Waals surface area (Å²) in [7, 11) is 0. The number of aliphatic hydroxyl groups is 1. The summed E-state index contributed by atoms with van der Waals surface area (Å²) in [4.78, 5) is 44.0. The van der Waals surface area contributed by atoms with Gasteiger partial charge in [-0.3, -0.25) is 14.4 Å². The maximum absolute atomic E-state index is 13.8. The number of esters is 1. The van der Waals surface area contributed by atoms with Gasteiger partial charge in [0.15, 0.2) is 0 Å². The van der Waals surface area contributed by atoms with Gasteiger partial charge in [-0.2, -0.15) is 0 Å². The Hall–Kier alpha value is -2.19. The monoisotopic (exact) mass is 446 g/mol. The van der Waals surface area contributed by atoms with Crippen molar-refractivity contribution < 1.29 is 29.0 Å². The SMILES string of the molecule is CC(C)N1CC=C[C@]23O[C@H]4/C=C\CCCOC(=O)[C@H]4[C@H]2C(=O)N(CCCCCO)C3C1=O. The van der Waals surface area contributed by atoms with E-state index < -0.39 is 35.6 Å². The Labute approximate surface area is 189 Å². The van der Waals surface area contributed by atoms with Crippen LogP contribution >= 0.6 is 0 Å². The Morgan fingerprint density at radius 2 is 1.97 bits per heavy atom. The molecule has 0 bridgehead atoms. The van der Waals surface area contributed by atoms with Crippen molar-refractivity contribution in [2.24, 2.45) is 11.8 Å². The first-order valence-corrected chi connectivity index (χ1v) is 11.8. The minimum Gasteiger partial charge on any atom is -0.465 e. The zero-order chi connectivity index (χ0) is 22.9. The van der Waals surface area contributed by atoms with Crippen LogP contribution in [0.4, 0.5) is 0 Å². The molecule has 8 nitrogen and oxygen atoms in total. The van der Waals surface area contributed by atoms with Crippen molar-refractivity contribution in [3.63, 3.8) is 0 Å². The van der Waals surface area contributed by atoms with Crippen molar-refractivity contribution in [2.75, 3.05) is 26.3 Å². The molecule has 4 rings (SSSR count). The maximum Gasteiger partial charge on any atom is 0.312 e. The number of ether oxygens (including phenoxy) is 2. The van der Waals surface area contributed by atoms with Crippen LogP contribution in [-0.2, 0) is 23.9 Å². The summed E-state index contributed by atoms with van der Waals surface area (Å²) in [5.74, 6) is -2.36. The molecule has 176 valence electrons. The average Bonchev–Trinajstić information content (AvgIpc) is 3.16. The average molecular weight is 447 g/mol. The Kier molecular flexibility index (Phi) is 6.72. The number of hydrogen-bond donors (Lipinski definition) is 1. The molecule has 2 amide bonds. The quantitative estimate of drug-likeness (QED) is 0.377. The summed E-state index contributed by atoms with van der Waals surface area (Å²) in [6.07, 6.45) is 10.6. The Morgan fingerprint density at radius 3 is 2.72 bits per heavy atom. The smallest absolute Gasteiger partial charge is 0.312 e. The van der Waals surface area contributed by atoms with Crippen molar-refractivity contribution in [1.29, 1.82) is 0 Å². The van der Waals surface area contributed by atoms with Crippen LogP contribution in [0.3, 0.4) is 0 Å². The molecule has 2 saturated heterocycles. The van der Waals surface area contributed by atoms with E-state index in [0.29, 0.717) is 32.5 Å². The van der Waals surface area contributed by atoms with Gasteiger partial charge in [0, 0.05) is 25.7 Å². The van der Waals surface area contributed by atoms with Gasteiger partial charge >= 0.3 is 5.97 Å². The van der Waals surface area contributed by atoms with Gasteiger partial charge in [-0.15, -0.1) is 0 Å². The van der Waals surface area contributed by atoms with Gasteiger partial charge in [-0.05, 0) is 46.0 Å². The number of allylic oxidation sites excluding steroid dienone is 1. The van der Waals surface area contributed by atoms with Crippen molar-refractivity contribution in [1.82, 2.24) is 9.80 Å². The van der Waals surface area contributed by atoms with E-state index in [1.165, 1.54) is 0 Å². The number of nitrogens with zero attached hydrogens (tertiary/aromatic N) is 2. The predicted octanol–water partition coefficient (Wildman–Crippen LogP) is 1.43. The molecule has 0 aromatic carbocycles. The van der Waals surface area contributed by atoms with Crippen LogP contribution < -0.4 is 0 Å². The molecule has 4 aliphatic heterocycles. The van der Waals surface area contributed by atoms with E-state index in [4.69, 9.17) is 14.6 Å². The van der Waals surface area contributed by atoms with Crippen molar-refractivity contribution in [2.45, 2.75) is 69.7 Å². The molecule has 0 radical (unpaired) electrons. The third-order valence-corrected chi connectivity index (χ3v) is 7.06. The minimum atomic E-state index is -1.19. The third-order valence-electron chi connectivity index (χ3n) is 7.06. The van der Waals surface area contributed by atoms with Crippen LogP contribution in [0.15, 0.2) is 24.3 Å². The highest BCUT2D eigenvalue weighted by Gasteiger charge is 2.71. The molecule has 1 N–H and O–H groups in total. The van der Waals surface area contributed by atoms with Gasteiger partial charge in [-0.25, -0.2) is 0 Å². The summed E-state index contributed by atoms with van der Waals surface area (Å²) in [6.45, 7) is 5.14. The van der Waals surface area contributed by atoms with E-state index in [9.17, 15) is 14.4 Å². The second-order valence-electron chi connectivity index (χ2n) is 9.38. The third kappa shape index (κ3) is 3.77. The van der Waals surface area contributed by atoms with Gasteiger partial charge in [0.1, 0.15) is 17.6 Å². The van der Waals surface area contributed by atoms with Crippen LogP contribution in [0, 0.1) is 11.8 Å². The van der Waals surface area contributed by atoms with E-state index in [0.717, 1.165) is 19.3 Å². The van der Waals surface area contributed by atoms with Crippen LogP contribution in [-0.4, -0.2) is 82.8 Å². The number of hydrogen-bond acceptors (Lipinski definition) is 6. The fraction of sp³-hybridized carbons (Fsp3) is 0.708. The summed E-state index contributed by atoms with van der Waals surface area (Å²) in [6, 6.07) is -0.844. The van der Waals surface area contributed by atoms with Crippen molar-refractivity contribution in [3.05, 3.63) is 24.3 Å². The zero-order valence-corrected chi connectivity index (χ0v) is 18.9. The number of rotatable bonds is 6. The summed E-state index contributed by atoms with van der Waals surface area (Å²) in [5.41, 5.74) is -1.19. The Balaban J connectivity index is 1.75. The number of cyclic esters (lactones) is 1. The number of aliphatic hydroxyl groups excluding tert-OH is 1. The fourth-order valence-electron chi connectivity index (χ4n) is 5.55. The van der Waals surface area contributed by atoms with Gasteiger partial charge in [-0.1, -0.05) is 24.3 Å². The lowest BCUT2D eigenvalue weighted by Gasteiger charge is -2.36. The minimum absolute atomic E-state index is 0.0313. The van der Waals surface area contributed by atoms with E-state index in [2.05, 4.69) is 0 Å². The second kappa shape index (κ2) is 9.35. The highest BCUT2D eigenvalue weighted by molar-refractivity contribution is 5.99. The van der Waals surface area contributed by atoms with E-state index in [1.54, 1.807) is 9.80 Å². The molecule has 0 aromatic heterocycles. The number of amides is 2. The molecule has 1 spiro atoms. The second-order valence-corrected chi connectivity index (χ2v) is 9.38. The first kappa shape index (κ1) is 23.0. The zero-order valence-electron chi connectivity index (χ0n) is 18.9. The van der Waals surface area contributed by atoms with E-state index >= 15 is 0 Å². The Bertz CT molecular complexity index is 808. The first-order chi connectivity index (χ1) is 15.4. The maximum atomic E-state index is 13.8. The molecule has 0 aliphatic carbocycles. The number of unbranched alkanes of at least 4 members (excludes halogenated alkanes) is 2. The Morgan fingerprint density at radius 1 is 1.16 bits per heavy atom. The normalized spacial score (nSPS) is 35.6. The molecule has 0 saturated carbocycles. The largest absolute Gasteiger partial charge is 0.465 e. The standard InChI is InChI=1S/C24H34N2O6/c1-16(2)25-13-9-11-24-19(18-17(32-24)10-5-3-8-15-31-23(18)30)21(28)26(20(24)22(25)29)12-6-4-7-14-27/h5,9-11,16-20,27H,3-4,6-8,12-15H2,1-2H3/b10-5-/t17-,18+,19-,20?,24-/m0/s1. The van der Waals surface area contributed by atoms with Crippen LogP contribution in [0.5, 0.6) is 0 Å². The van der Waals surface area contributed by atoms with Crippen LogP contribution in [0.2, 0.25) is 0 Å². The van der Waals surface area contributed by atoms with Gasteiger partial charge in [0.05, 0.1) is 18.6 Å². The van der Waals surface area contributed by atoms with E-state index in [-0.39, 0.29) is 24.5 Å². The highest BCUT2D eigenvalue weighted by Crippen LogP contribution is 2.53. The molecule has 5 atom stereocenters. The summed E-state index contributed by atoms with van der Waals surface area (Å²) < 4.78 is 12.0. The van der Waals surface area contributed by atoms with Crippen molar-refractivity contribution >= 4 is 17.8 Å². The van der Waals surface area contributed by atoms with Crippen LogP contribution in [0.1, 0.15) is 46.0 Å². The number of likely N-dealkylation sites (tertiary alicyclic amines) is 1. The van der Waals surface area contributed by atoms with Crippen LogP contribution in [0.25, 0.3) is 0 Å². The molecule has 8 heteroatoms. The molecule has 0 aromatic rings. The number of fused-ring (bicyclic) bond motifs is 2. The molecule has 4 aliphatic rings. The van der Waals surface area contributed by atoms with Gasteiger partial charge in [0.2, 0.25) is 11.8 Å². The molecule has 1 unspecified atom stereocenters. The lowest BCUT2D eigenvalue weighted by atomic mass is 9.78. The lowest BCUT2D eigenvalue weighted by Crippen LogP contribution is -2.56. The molecular formula is C24H34N2O6. The summed E-state index contributed by atoms with van der Waals surface area (Å²) in [5, 5.41) is 9.11. The fourth-order valence-corrected chi connectivity index (χ4v) is 5.55. The summed E-state index contributed by atoms with van der Waals surface area (Å²) >= 11 is 0. The number of carbonyl (C=O) groups excluding carboxylic acids is 3. The van der Waals surface area contributed by atoms with Gasteiger partial charge in [0.25, 0.3) is 0 Å². The first-order valence-electron chi connectivity index (χ1n) is 11.8. The van der Waals surface area contributed by atoms with Crippen molar-refractivity contribution in [3.8, 4) is 0 Å². The number of carbonyl (C=O) groups is 3. The lowest BCUT2D eigenvalue weighted by molar-refractivity contribution is -0.155. The van der Waals surface area contributed by atoms with Gasteiger partial charge < -0.3 is 24.4 Å². The topological polar surface area (TPSA) is 96.4 Å². The molecular weight excluding hydrogens is 412 g/mol. The molecule has 32 heavy (non-hydrogen) atoms. The molecule has 2 fully saturated rings. The van der Waals surface area contributed by atoms with E-state index in [1.807, 2.05) is 38.2 Å². The molecule has 4 heterocycles. The highest BCUT2D eigenvalue weighted by atomic mass is 16.6. The predicted molar refractivity (Wildman–Crippen MR) is 116 cm³/mol.